The Morgan fingerprint density at radius 2 is 0.455 bits per heavy atom. The van der Waals surface area contributed by atoms with Crippen LogP contribution in [-0.2, 0) is 38.1 Å². The van der Waals surface area contributed by atoms with E-state index in [1.54, 1.807) is 0 Å². The summed E-state index contributed by atoms with van der Waals surface area (Å²) in [5, 5.41) is 0. The number of unbranched alkanes of at least 4 members (excludes halogenated alkanes) is 20. The van der Waals surface area contributed by atoms with Gasteiger partial charge in [-0.15, -0.1) is 0 Å². The lowest BCUT2D eigenvalue weighted by molar-refractivity contribution is -0.184. The second kappa shape index (κ2) is 35.3. The van der Waals surface area contributed by atoms with Crippen LogP contribution in [0.25, 0.3) is 0 Å². The van der Waals surface area contributed by atoms with Crippen LogP contribution in [0.5, 0.6) is 0 Å². The number of ether oxygens (including phenoxy) is 4. The first-order chi connectivity index (χ1) is 41.1. The number of carbonyl (C=O) groups excluding carboxylic acids is 4. The molecule has 0 spiro atoms. The van der Waals surface area contributed by atoms with Crippen LogP contribution in [0.15, 0.2) is 0 Å². The zero-order valence-corrected chi connectivity index (χ0v) is 61.4. The molecule has 0 amide bonds. The molecular weight excluding hydrogens is 1100 g/mol. The van der Waals surface area contributed by atoms with Gasteiger partial charge >= 0.3 is 23.9 Å². The first-order valence-electron chi connectivity index (χ1n) is 37.0. The van der Waals surface area contributed by atoms with Crippen LogP contribution in [0.3, 0.4) is 0 Å². The van der Waals surface area contributed by atoms with Gasteiger partial charge in [-0.3, -0.25) is 38.8 Å². The Hall–Kier alpha value is -2.28. The average molecular weight is 1240 g/mol. The van der Waals surface area contributed by atoms with Gasteiger partial charge in [-0.2, -0.15) is 0 Å². The van der Waals surface area contributed by atoms with Gasteiger partial charge in [0.15, 0.2) is 0 Å². The summed E-state index contributed by atoms with van der Waals surface area (Å²) in [4.78, 5) is 71.8. The van der Waals surface area contributed by atoms with E-state index < -0.39 is 73.0 Å². The molecule has 4 heterocycles. The number of carbonyl (C=O) groups is 4. The molecular formula is C76H142N4O8. The van der Waals surface area contributed by atoms with E-state index in [0.717, 1.165) is 51.9 Å². The Bertz CT molecular complexity index is 1860. The monoisotopic (exact) mass is 1240 g/mol. The lowest BCUT2D eigenvalue weighted by atomic mass is 9.77. The van der Waals surface area contributed by atoms with Crippen LogP contribution in [0, 0.1) is 11.8 Å². The number of hydrogen-bond donors (Lipinski definition) is 0. The van der Waals surface area contributed by atoms with E-state index in [-0.39, 0.29) is 44.3 Å². The van der Waals surface area contributed by atoms with E-state index in [2.05, 4.69) is 158 Å². The number of nitrogens with zero attached hydrogens (tertiary/aromatic N) is 4. The molecule has 4 fully saturated rings. The molecule has 2 unspecified atom stereocenters. The molecule has 4 rings (SSSR count). The molecule has 0 N–H and O–H groups in total. The van der Waals surface area contributed by atoms with Crippen LogP contribution in [0.2, 0.25) is 0 Å². The van der Waals surface area contributed by atoms with Crippen molar-refractivity contribution >= 4 is 23.9 Å². The smallest absolute Gasteiger partial charge is 0.310 e. The zero-order valence-electron chi connectivity index (χ0n) is 61.4. The standard InChI is InChI=1S/C76H142N4O8/c1-21-25-29-33-37-41-45-77-69(5,6)51-59(52-70(77,7)8)85-65(81)49-63(67(83)87-61-55-73(13,14)79(74(15,16)56-61)47-43-39-35-31-27-23-3)64(68(84)88-62-57-75(17,18)80(76(19,20)58-62)48-44-40-36-32-28-24-4)50-66(82)86-60-53-71(9,10)78(72(11,12)54-60)46-42-38-34-30-26-22-2/h59-64H,21-58H2,1-20H3. The lowest BCUT2D eigenvalue weighted by Gasteiger charge is -2.55. The molecule has 12 heteroatoms. The molecule has 0 aromatic carbocycles. The SMILES string of the molecule is CCCCCCCCN1C(C)(C)CC(OC(=O)CC(C(=O)OC2CC(C)(C)N(CCCCCCCC)C(C)(C)C2)C(CC(=O)OC2CC(C)(C)N(CCCCCCCC)C(C)(C)C2)C(=O)OC2CC(C)(C)N(CCCCCCCC)C(C)(C)C2)CC1(C)C. The quantitative estimate of drug-likeness (QED) is 0.0331. The molecule has 0 aromatic rings. The van der Waals surface area contributed by atoms with Crippen molar-refractivity contribution in [3.63, 3.8) is 0 Å². The van der Waals surface area contributed by atoms with Gasteiger partial charge in [-0.1, -0.05) is 156 Å². The van der Waals surface area contributed by atoms with Gasteiger partial charge in [0, 0.05) is 95.7 Å². The van der Waals surface area contributed by atoms with Crippen LogP contribution >= 0.6 is 0 Å². The van der Waals surface area contributed by atoms with Gasteiger partial charge in [-0.05, 0) is 163 Å². The molecule has 0 bridgehead atoms. The maximum atomic E-state index is 15.7. The maximum absolute atomic E-state index is 15.7. The van der Waals surface area contributed by atoms with E-state index >= 15 is 19.2 Å². The summed E-state index contributed by atoms with van der Waals surface area (Å²) in [5.74, 6) is -5.13. The first kappa shape index (κ1) is 78.2. The average Bonchev–Trinajstić information content (AvgIpc) is 3.08. The Kier molecular flexibility index (Phi) is 31.3. The summed E-state index contributed by atoms with van der Waals surface area (Å²) >= 11 is 0. The number of piperidine rings is 4. The normalized spacial score (nSPS) is 23.1. The first-order valence-corrected chi connectivity index (χ1v) is 37.0. The van der Waals surface area contributed by atoms with Gasteiger partial charge in [0.25, 0.3) is 0 Å². The van der Waals surface area contributed by atoms with Crippen molar-refractivity contribution in [2.45, 2.75) is 426 Å². The van der Waals surface area contributed by atoms with E-state index in [1.807, 2.05) is 0 Å². The highest BCUT2D eigenvalue weighted by Crippen LogP contribution is 2.45. The fourth-order valence-corrected chi connectivity index (χ4v) is 18.0. The van der Waals surface area contributed by atoms with Crippen molar-refractivity contribution in [3.05, 3.63) is 0 Å². The zero-order chi connectivity index (χ0) is 65.8. The van der Waals surface area contributed by atoms with E-state index in [1.165, 1.54) is 128 Å². The number of likely N-dealkylation sites (tertiary alicyclic amines) is 4. The third-order valence-corrected chi connectivity index (χ3v) is 21.6. The van der Waals surface area contributed by atoms with Crippen molar-refractivity contribution in [3.8, 4) is 0 Å². The third kappa shape index (κ3) is 24.2. The summed E-state index contributed by atoms with van der Waals surface area (Å²) in [6.07, 6.45) is 31.6. The van der Waals surface area contributed by atoms with Crippen molar-refractivity contribution < 1.29 is 38.1 Å². The van der Waals surface area contributed by atoms with E-state index in [0.29, 0.717) is 51.4 Å². The number of hydrogen-bond acceptors (Lipinski definition) is 12. The maximum Gasteiger partial charge on any atom is 0.310 e. The topological polar surface area (TPSA) is 118 Å². The predicted molar refractivity (Wildman–Crippen MR) is 366 cm³/mol. The van der Waals surface area contributed by atoms with Crippen LogP contribution in [-0.4, -0.2) is 138 Å². The van der Waals surface area contributed by atoms with Gasteiger partial charge in [-0.25, -0.2) is 0 Å². The minimum absolute atomic E-state index is 0.257. The van der Waals surface area contributed by atoms with Crippen LogP contribution in [0.4, 0.5) is 0 Å². The predicted octanol–water partition coefficient (Wildman–Crippen LogP) is 18.7. The summed E-state index contributed by atoms with van der Waals surface area (Å²) < 4.78 is 26.7. The van der Waals surface area contributed by atoms with Crippen molar-refractivity contribution in [1.82, 2.24) is 19.6 Å². The molecule has 2 atom stereocenters. The summed E-state index contributed by atoms with van der Waals surface area (Å²) in [5.41, 5.74) is -2.23. The summed E-state index contributed by atoms with van der Waals surface area (Å²) in [7, 11) is 0. The Balaban J connectivity index is 1.72. The molecule has 4 aliphatic heterocycles. The van der Waals surface area contributed by atoms with E-state index in [9.17, 15) is 0 Å². The molecule has 0 aliphatic carbocycles. The highest BCUT2D eigenvalue weighted by molar-refractivity contribution is 5.89. The fourth-order valence-electron chi connectivity index (χ4n) is 18.0. The molecule has 4 aliphatic rings. The van der Waals surface area contributed by atoms with Crippen molar-refractivity contribution in [2.75, 3.05) is 26.2 Å². The van der Waals surface area contributed by atoms with Crippen LogP contribution in [0.1, 0.15) is 357 Å². The van der Waals surface area contributed by atoms with Gasteiger partial charge in [0.1, 0.15) is 24.4 Å². The van der Waals surface area contributed by atoms with Crippen LogP contribution < -0.4 is 0 Å². The van der Waals surface area contributed by atoms with Gasteiger partial charge < -0.3 is 18.9 Å². The summed E-state index contributed by atoms with van der Waals surface area (Å²) in [6.45, 7) is 49.0. The van der Waals surface area contributed by atoms with Crippen molar-refractivity contribution in [1.29, 1.82) is 0 Å². The molecule has 12 nitrogen and oxygen atoms in total. The minimum Gasteiger partial charge on any atom is -0.462 e. The van der Waals surface area contributed by atoms with Crippen molar-refractivity contribution in [2.24, 2.45) is 11.8 Å². The fraction of sp³-hybridized carbons (Fsp3) is 0.947. The highest BCUT2D eigenvalue weighted by Gasteiger charge is 2.53. The molecule has 4 saturated heterocycles. The molecule has 514 valence electrons. The summed E-state index contributed by atoms with van der Waals surface area (Å²) in [6, 6.07) is 0. The highest BCUT2D eigenvalue weighted by atomic mass is 16.6. The largest absolute Gasteiger partial charge is 0.462 e. The molecule has 0 aromatic heterocycles. The number of esters is 4. The number of rotatable bonds is 39. The molecule has 0 radical (unpaired) electrons. The molecule has 0 saturated carbocycles. The van der Waals surface area contributed by atoms with Gasteiger partial charge in [0.2, 0.25) is 0 Å². The second-order valence-electron chi connectivity index (χ2n) is 33.8. The minimum atomic E-state index is -1.35. The third-order valence-electron chi connectivity index (χ3n) is 21.6. The van der Waals surface area contributed by atoms with E-state index in [4.69, 9.17) is 18.9 Å². The molecule has 88 heavy (non-hydrogen) atoms. The van der Waals surface area contributed by atoms with Gasteiger partial charge in [0.05, 0.1) is 24.7 Å². The Morgan fingerprint density at radius 3 is 0.648 bits per heavy atom. The lowest BCUT2D eigenvalue weighted by Crippen LogP contribution is -2.63. The Labute approximate surface area is 542 Å². The Morgan fingerprint density at radius 1 is 0.284 bits per heavy atom. The second-order valence-corrected chi connectivity index (χ2v) is 33.8.